The number of hydrogen-bond donors (Lipinski definition) is 0. The summed E-state index contributed by atoms with van der Waals surface area (Å²) >= 11 is 0. The average Bonchev–Trinajstić information content (AvgIpc) is 3.64. The summed E-state index contributed by atoms with van der Waals surface area (Å²) in [6.07, 6.45) is 56.7. The lowest BCUT2D eigenvalue weighted by Crippen LogP contribution is -2.30. The monoisotopic (exact) mass is 896 g/mol. The maximum absolute atomic E-state index is 13.3. The molecule has 0 N–H and O–H groups in total. The van der Waals surface area contributed by atoms with Crippen LogP contribution in [0.1, 0.15) is 220 Å². The van der Waals surface area contributed by atoms with Crippen molar-refractivity contribution in [1.29, 1.82) is 0 Å². The Kier molecular flexibility index (Phi) is 42.5. The molecule has 0 aliphatic heterocycles. The Labute approximate surface area is 395 Å². The number of carbonyl (C=O) groups excluding carboxylic acids is 2. The number of allylic oxidation sites excluding steroid dienone is 10. The second kappa shape index (κ2) is 45.7. The number of ether oxygens (including phenoxy) is 4. The molecule has 0 aromatic heterocycles. The van der Waals surface area contributed by atoms with E-state index in [1.165, 1.54) is 122 Å². The summed E-state index contributed by atoms with van der Waals surface area (Å²) in [5, 5.41) is 0. The molecule has 0 aromatic carbocycles. The molecule has 0 bridgehead atoms. The molecular formula is C57H101NO6. The van der Waals surface area contributed by atoms with Crippen LogP contribution in [0.4, 0.5) is 0 Å². The van der Waals surface area contributed by atoms with Gasteiger partial charge in [-0.3, -0.25) is 9.59 Å². The molecule has 1 rings (SSSR count). The first-order valence-electron chi connectivity index (χ1n) is 26.8. The molecule has 0 radical (unpaired) electrons. The van der Waals surface area contributed by atoms with E-state index in [0.717, 1.165) is 70.8 Å². The molecule has 7 nitrogen and oxygen atoms in total. The molecule has 7 heteroatoms. The molecule has 1 fully saturated rings. The largest absolute Gasteiger partial charge is 0.463 e. The molecule has 370 valence electrons. The van der Waals surface area contributed by atoms with Crippen LogP contribution in [0, 0.1) is 11.8 Å². The second-order valence-electron chi connectivity index (χ2n) is 18.7. The molecule has 0 spiro atoms. The quantitative estimate of drug-likeness (QED) is 0.0342. The smallest absolute Gasteiger partial charge is 0.306 e. The average molecular weight is 896 g/mol. The topological polar surface area (TPSA) is 74.3 Å². The lowest BCUT2D eigenvalue weighted by atomic mass is 9.88. The van der Waals surface area contributed by atoms with Crippen molar-refractivity contribution in [3.05, 3.63) is 60.8 Å². The zero-order valence-electron chi connectivity index (χ0n) is 42.4. The van der Waals surface area contributed by atoms with E-state index in [1.54, 1.807) is 0 Å². The van der Waals surface area contributed by atoms with Crippen molar-refractivity contribution in [2.24, 2.45) is 11.8 Å². The molecule has 0 heterocycles. The van der Waals surface area contributed by atoms with Gasteiger partial charge in [0.25, 0.3) is 0 Å². The van der Waals surface area contributed by atoms with Crippen LogP contribution >= 0.6 is 0 Å². The molecule has 4 unspecified atom stereocenters. The van der Waals surface area contributed by atoms with Gasteiger partial charge >= 0.3 is 11.9 Å². The highest BCUT2D eigenvalue weighted by Crippen LogP contribution is 2.39. The summed E-state index contributed by atoms with van der Waals surface area (Å²) in [4.78, 5) is 28.1. The maximum atomic E-state index is 13.3. The third-order valence-corrected chi connectivity index (χ3v) is 12.3. The predicted octanol–water partition coefficient (Wildman–Crippen LogP) is 15.6. The van der Waals surface area contributed by atoms with Gasteiger partial charge in [-0.15, -0.1) is 0 Å². The summed E-state index contributed by atoms with van der Waals surface area (Å²) in [7, 11) is 4.03. The van der Waals surface area contributed by atoms with E-state index >= 15 is 0 Å². The van der Waals surface area contributed by atoms with Gasteiger partial charge in [-0.2, -0.15) is 0 Å². The van der Waals surface area contributed by atoms with Crippen molar-refractivity contribution < 1.29 is 28.5 Å². The summed E-state index contributed by atoms with van der Waals surface area (Å²) in [6.45, 7) is 9.50. The highest BCUT2D eigenvalue weighted by molar-refractivity contribution is 5.70. The molecule has 0 saturated heterocycles. The summed E-state index contributed by atoms with van der Waals surface area (Å²) < 4.78 is 24.4. The van der Waals surface area contributed by atoms with Crippen LogP contribution in [-0.4, -0.2) is 76.1 Å². The van der Waals surface area contributed by atoms with E-state index in [9.17, 15) is 9.59 Å². The van der Waals surface area contributed by atoms with Crippen LogP contribution in [0.5, 0.6) is 0 Å². The Morgan fingerprint density at radius 2 is 1.09 bits per heavy atom. The van der Waals surface area contributed by atoms with Crippen molar-refractivity contribution >= 4 is 11.9 Å². The fourth-order valence-corrected chi connectivity index (χ4v) is 8.39. The number of carbonyl (C=O) groups is 2. The van der Waals surface area contributed by atoms with Gasteiger partial charge in [-0.05, 0) is 136 Å². The molecule has 1 aliphatic carbocycles. The molecule has 4 atom stereocenters. The van der Waals surface area contributed by atoms with Crippen LogP contribution in [-0.2, 0) is 28.5 Å². The SMILES string of the molecule is CC/C=C\CC1C(CC(=O)OCC(COCCCCCCCC/C=C\C/C=C\CCCCC)OCCCCCCCC/C=C\C/C=C\CCCCC)CCC1OC(=O)CCCN(C)C. The highest BCUT2D eigenvalue weighted by Gasteiger charge is 2.39. The zero-order chi connectivity index (χ0) is 46.4. The van der Waals surface area contributed by atoms with E-state index in [0.29, 0.717) is 32.7 Å². The van der Waals surface area contributed by atoms with Crippen molar-refractivity contribution in [1.82, 2.24) is 4.90 Å². The van der Waals surface area contributed by atoms with Gasteiger partial charge in [-0.1, -0.05) is 159 Å². The Morgan fingerprint density at radius 3 is 1.64 bits per heavy atom. The van der Waals surface area contributed by atoms with E-state index in [-0.39, 0.29) is 42.6 Å². The standard InChI is InChI=1S/C57H101NO6/c1-6-9-12-14-16-18-20-22-24-26-28-30-32-34-36-39-47-61-50-53(62-48-40-37-35-33-31-29-27-25-23-21-19-17-15-13-10-7-2)51-63-57(60)49-52-44-45-55(54(52)42-38-11-8-3)64-56(59)43-41-46-58(4)5/h11,16-19,22-25,38,52-55H,6-10,12-15,20-21,26-37,39-51H2,1-5H3/b18-16-,19-17-,24-22-,25-23-,38-11-. The molecular weight excluding hydrogens is 795 g/mol. The minimum Gasteiger partial charge on any atom is -0.463 e. The van der Waals surface area contributed by atoms with Crippen molar-refractivity contribution in [2.75, 3.05) is 47.1 Å². The number of esters is 2. The van der Waals surface area contributed by atoms with Crippen LogP contribution in [0.3, 0.4) is 0 Å². The highest BCUT2D eigenvalue weighted by atomic mass is 16.6. The van der Waals surface area contributed by atoms with Gasteiger partial charge < -0.3 is 23.8 Å². The summed E-state index contributed by atoms with van der Waals surface area (Å²) in [6, 6.07) is 0. The van der Waals surface area contributed by atoms with E-state index in [4.69, 9.17) is 18.9 Å². The van der Waals surface area contributed by atoms with Crippen LogP contribution in [0.2, 0.25) is 0 Å². The van der Waals surface area contributed by atoms with Gasteiger partial charge in [0.1, 0.15) is 18.8 Å². The third-order valence-electron chi connectivity index (χ3n) is 12.3. The van der Waals surface area contributed by atoms with Crippen LogP contribution < -0.4 is 0 Å². The first-order valence-corrected chi connectivity index (χ1v) is 26.8. The fourth-order valence-electron chi connectivity index (χ4n) is 8.39. The predicted molar refractivity (Wildman–Crippen MR) is 273 cm³/mol. The second-order valence-corrected chi connectivity index (χ2v) is 18.7. The van der Waals surface area contributed by atoms with E-state index < -0.39 is 0 Å². The number of hydrogen-bond acceptors (Lipinski definition) is 7. The summed E-state index contributed by atoms with van der Waals surface area (Å²) in [5.74, 6) is -0.0671. The minimum absolute atomic E-state index is 0.126. The first-order chi connectivity index (χ1) is 31.4. The molecule has 0 aromatic rings. The van der Waals surface area contributed by atoms with Crippen LogP contribution in [0.15, 0.2) is 60.8 Å². The Hall–Kier alpha value is -2.48. The zero-order valence-corrected chi connectivity index (χ0v) is 42.4. The van der Waals surface area contributed by atoms with Gasteiger partial charge in [0.15, 0.2) is 0 Å². The summed E-state index contributed by atoms with van der Waals surface area (Å²) in [5.41, 5.74) is 0. The maximum Gasteiger partial charge on any atom is 0.306 e. The molecule has 1 saturated carbocycles. The van der Waals surface area contributed by atoms with E-state index in [1.807, 2.05) is 14.1 Å². The van der Waals surface area contributed by atoms with Gasteiger partial charge in [0, 0.05) is 32.0 Å². The third kappa shape index (κ3) is 37.7. The first kappa shape index (κ1) is 59.5. The lowest BCUT2D eigenvalue weighted by molar-refractivity contribution is -0.152. The fraction of sp³-hybridized carbons (Fsp3) is 0.789. The Balaban J connectivity index is 2.48. The van der Waals surface area contributed by atoms with E-state index in [2.05, 4.69) is 86.4 Å². The van der Waals surface area contributed by atoms with Gasteiger partial charge in [-0.25, -0.2) is 0 Å². The minimum atomic E-state index is -0.269. The molecule has 64 heavy (non-hydrogen) atoms. The van der Waals surface area contributed by atoms with Gasteiger partial charge in [0.05, 0.1) is 6.61 Å². The van der Waals surface area contributed by atoms with Crippen LogP contribution in [0.25, 0.3) is 0 Å². The molecule has 1 aliphatic rings. The van der Waals surface area contributed by atoms with Gasteiger partial charge in [0.2, 0.25) is 0 Å². The number of nitrogens with zero attached hydrogens (tertiary/aromatic N) is 1. The number of unbranched alkanes of at least 4 members (excludes halogenated alkanes) is 18. The lowest BCUT2D eigenvalue weighted by Gasteiger charge is -2.24. The molecule has 0 amide bonds. The number of rotatable bonds is 45. The van der Waals surface area contributed by atoms with Crippen molar-refractivity contribution in [3.8, 4) is 0 Å². The van der Waals surface area contributed by atoms with Crippen molar-refractivity contribution in [3.63, 3.8) is 0 Å². The Bertz CT molecular complexity index is 1210. The normalized spacial score (nSPS) is 17.4. The van der Waals surface area contributed by atoms with Crippen molar-refractivity contribution in [2.45, 2.75) is 232 Å². The Morgan fingerprint density at radius 1 is 0.562 bits per heavy atom.